The summed E-state index contributed by atoms with van der Waals surface area (Å²) in [6.07, 6.45) is 0. The summed E-state index contributed by atoms with van der Waals surface area (Å²) in [5, 5.41) is 0.456. The zero-order valence-electron chi connectivity index (χ0n) is 15.1. The molecule has 1 amide bonds. The second kappa shape index (κ2) is 9.37. The summed E-state index contributed by atoms with van der Waals surface area (Å²) < 4.78 is 33.7. The molecular weight excluding hydrogens is 468 g/mol. The number of nitrogens with zero attached hydrogens (tertiary/aromatic N) is 2. The van der Waals surface area contributed by atoms with Crippen molar-refractivity contribution in [1.82, 2.24) is 9.21 Å². The first-order valence-corrected chi connectivity index (χ1v) is 11.3. The molecule has 1 fully saturated rings. The Labute approximate surface area is 178 Å². The van der Waals surface area contributed by atoms with E-state index in [1.165, 1.54) is 16.4 Å². The van der Waals surface area contributed by atoms with E-state index in [-0.39, 0.29) is 23.9 Å². The molecule has 3 rings (SSSR count). The highest BCUT2D eigenvalue weighted by atomic mass is 79.9. The van der Waals surface area contributed by atoms with Crippen LogP contribution in [-0.2, 0) is 26.1 Å². The number of hydrogen-bond acceptors (Lipinski definition) is 4. The minimum atomic E-state index is -3.89. The molecule has 1 aliphatic rings. The maximum Gasteiger partial charge on any atom is 0.243 e. The van der Waals surface area contributed by atoms with E-state index in [9.17, 15) is 13.2 Å². The smallest absolute Gasteiger partial charge is 0.243 e. The van der Waals surface area contributed by atoms with Gasteiger partial charge in [0, 0.05) is 29.1 Å². The van der Waals surface area contributed by atoms with Crippen LogP contribution in [0.1, 0.15) is 5.56 Å². The molecular formula is C19H20BrClN2O4S. The Morgan fingerprint density at radius 3 is 2.39 bits per heavy atom. The first-order chi connectivity index (χ1) is 13.4. The van der Waals surface area contributed by atoms with Gasteiger partial charge in [0.1, 0.15) is 0 Å². The van der Waals surface area contributed by atoms with E-state index in [4.69, 9.17) is 16.3 Å². The van der Waals surface area contributed by atoms with Crippen molar-refractivity contribution in [1.29, 1.82) is 0 Å². The van der Waals surface area contributed by atoms with Crippen molar-refractivity contribution in [2.45, 2.75) is 11.4 Å². The van der Waals surface area contributed by atoms with E-state index in [2.05, 4.69) is 15.9 Å². The minimum absolute atomic E-state index is 0.00809. The number of amides is 1. The van der Waals surface area contributed by atoms with Crippen LogP contribution in [0.2, 0.25) is 5.02 Å². The fourth-order valence-electron chi connectivity index (χ4n) is 2.86. The second-order valence-electron chi connectivity index (χ2n) is 6.31. The number of carbonyl (C=O) groups is 1. The largest absolute Gasteiger partial charge is 0.378 e. The monoisotopic (exact) mass is 486 g/mol. The maximum atomic E-state index is 13.2. The van der Waals surface area contributed by atoms with Crippen LogP contribution in [0.15, 0.2) is 57.9 Å². The molecule has 0 spiro atoms. The first kappa shape index (κ1) is 21.3. The van der Waals surface area contributed by atoms with E-state index in [1.54, 1.807) is 41.3 Å². The molecule has 0 saturated carbocycles. The third kappa shape index (κ3) is 5.12. The third-order valence-electron chi connectivity index (χ3n) is 4.43. The lowest BCUT2D eigenvalue weighted by Gasteiger charge is -2.30. The number of halogens is 2. The Bertz CT molecular complexity index is 931. The summed E-state index contributed by atoms with van der Waals surface area (Å²) in [4.78, 5) is 14.5. The average Bonchev–Trinajstić information content (AvgIpc) is 2.70. The summed E-state index contributed by atoms with van der Waals surface area (Å²) >= 11 is 9.54. The van der Waals surface area contributed by atoms with Crippen LogP contribution in [0.4, 0.5) is 0 Å². The molecule has 0 unspecified atom stereocenters. The van der Waals surface area contributed by atoms with E-state index >= 15 is 0 Å². The Kier molecular flexibility index (Phi) is 7.11. The van der Waals surface area contributed by atoms with Crippen LogP contribution in [0.5, 0.6) is 0 Å². The summed E-state index contributed by atoms with van der Waals surface area (Å²) in [6, 6.07) is 13.4. The average molecular weight is 488 g/mol. The lowest BCUT2D eigenvalue weighted by atomic mass is 10.2. The highest BCUT2D eigenvalue weighted by Crippen LogP contribution is 2.24. The number of ether oxygens (including phenoxy) is 1. The number of carbonyl (C=O) groups excluding carboxylic acids is 1. The molecule has 2 aromatic carbocycles. The van der Waals surface area contributed by atoms with Gasteiger partial charge in [-0.05, 0) is 35.9 Å². The SMILES string of the molecule is O=C(CN(Cc1ccccc1Cl)S(=O)(=O)c1ccc(Br)cc1)N1CCOCC1. The molecule has 0 aliphatic carbocycles. The Hall–Kier alpha value is -1.45. The quantitative estimate of drug-likeness (QED) is 0.628. The second-order valence-corrected chi connectivity index (χ2v) is 9.57. The van der Waals surface area contributed by atoms with Gasteiger partial charge < -0.3 is 9.64 Å². The number of rotatable bonds is 6. The highest BCUT2D eigenvalue weighted by molar-refractivity contribution is 9.10. The summed E-state index contributed by atoms with van der Waals surface area (Å²) in [6.45, 7) is 1.57. The molecule has 1 aliphatic heterocycles. The maximum absolute atomic E-state index is 13.2. The van der Waals surface area contributed by atoms with Gasteiger partial charge in [-0.15, -0.1) is 0 Å². The molecule has 0 radical (unpaired) electrons. The van der Waals surface area contributed by atoms with Crippen LogP contribution < -0.4 is 0 Å². The van der Waals surface area contributed by atoms with Gasteiger partial charge in [-0.25, -0.2) is 8.42 Å². The lowest BCUT2D eigenvalue weighted by Crippen LogP contribution is -2.46. The van der Waals surface area contributed by atoms with Crippen molar-refractivity contribution >= 4 is 43.5 Å². The van der Waals surface area contributed by atoms with Crippen molar-refractivity contribution in [3.63, 3.8) is 0 Å². The van der Waals surface area contributed by atoms with Gasteiger partial charge in [0.15, 0.2) is 0 Å². The van der Waals surface area contributed by atoms with Gasteiger partial charge in [0.05, 0.1) is 24.7 Å². The highest BCUT2D eigenvalue weighted by Gasteiger charge is 2.29. The molecule has 0 aromatic heterocycles. The molecule has 9 heteroatoms. The summed E-state index contributed by atoms with van der Waals surface area (Å²) in [7, 11) is -3.89. The molecule has 0 atom stereocenters. The molecule has 6 nitrogen and oxygen atoms in total. The summed E-state index contributed by atoms with van der Waals surface area (Å²) in [5.41, 5.74) is 0.639. The minimum Gasteiger partial charge on any atom is -0.378 e. The van der Waals surface area contributed by atoms with Crippen molar-refractivity contribution in [2.75, 3.05) is 32.8 Å². The lowest BCUT2D eigenvalue weighted by molar-refractivity contribution is -0.135. The number of sulfonamides is 1. The van der Waals surface area contributed by atoms with E-state index < -0.39 is 10.0 Å². The van der Waals surface area contributed by atoms with Crippen LogP contribution in [0.3, 0.4) is 0 Å². The number of benzene rings is 2. The Morgan fingerprint density at radius 2 is 1.75 bits per heavy atom. The topological polar surface area (TPSA) is 66.9 Å². The van der Waals surface area contributed by atoms with Gasteiger partial charge in [-0.2, -0.15) is 4.31 Å². The van der Waals surface area contributed by atoms with Gasteiger partial charge in [0.25, 0.3) is 0 Å². The zero-order valence-corrected chi connectivity index (χ0v) is 18.2. The molecule has 28 heavy (non-hydrogen) atoms. The molecule has 150 valence electrons. The Balaban J connectivity index is 1.90. The molecule has 2 aromatic rings. The van der Waals surface area contributed by atoms with Gasteiger partial charge in [-0.3, -0.25) is 4.79 Å². The molecule has 0 N–H and O–H groups in total. The Morgan fingerprint density at radius 1 is 1.11 bits per heavy atom. The van der Waals surface area contributed by atoms with Gasteiger partial charge in [0.2, 0.25) is 15.9 Å². The van der Waals surface area contributed by atoms with Crippen LogP contribution in [-0.4, -0.2) is 56.4 Å². The number of hydrogen-bond donors (Lipinski definition) is 0. The fraction of sp³-hybridized carbons (Fsp3) is 0.316. The van der Waals surface area contributed by atoms with Crippen LogP contribution in [0, 0.1) is 0 Å². The van der Waals surface area contributed by atoms with Crippen molar-refractivity contribution in [2.24, 2.45) is 0 Å². The van der Waals surface area contributed by atoms with Crippen molar-refractivity contribution < 1.29 is 17.9 Å². The molecule has 0 bridgehead atoms. The van der Waals surface area contributed by atoms with Gasteiger partial charge >= 0.3 is 0 Å². The van der Waals surface area contributed by atoms with E-state index in [0.717, 1.165) is 4.47 Å². The van der Waals surface area contributed by atoms with Crippen LogP contribution >= 0.6 is 27.5 Å². The number of morpholine rings is 1. The first-order valence-electron chi connectivity index (χ1n) is 8.72. The van der Waals surface area contributed by atoms with Crippen LogP contribution in [0.25, 0.3) is 0 Å². The molecule has 1 saturated heterocycles. The van der Waals surface area contributed by atoms with Crippen molar-refractivity contribution in [3.05, 3.63) is 63.6 Å². The van der Waals surface area contributed by atoms with Gasteiger partial charge in [-0.1, -0.05) is 45.7 Å². The predicted octanol–water partition coefficient (Wildman–Crippen LogP) is 3.15. The fourth-order valence-corrected chi connectivity index (χ4v) is 4.69. The predicted molar refractivity (Wildman–Crippen MR) is 111 cm³/mol. The third-order valence-corrected chi connectivity index (χ3v) is 7.13. The van der Waals surface area contributed by atoms with E-state index in [1.807, 2.05) is 0 Å². The summed E-state index contributed by atoms with van der Waals surface area (Å²) in [5.74, 6) is -0.254. The van der Waals surface area contributed by atoms with Crippen molar-refractivity contribution in [3.8, 4) is 0 Å². The molecule has 1 heterocycles. The zero-order chi connectivity index (χ0) is 20.1. The van der Waals surface area contributed by atoms with E-state index in [0.29, 0.717) is 36.9 Å². The standard InChI is InChI=1S/C19H20BrClN2O4S/c20-16-5-7-17(8-6-16)28(25,26)23(13-15-3-1-2-4-18(15)21)14-19(24)22-9-11-27-12-10-22/h1-8H,9-14H2. The normalized spacial score (nSPS) is 15.0.